The molecule has 0 bridgehead atoms. The van der Waals surface area contributed by atoms with Crippen molar-refractivity contribution in [1.82, 2.24) is 24.3 Å². The topological polar surface area (TPSA) is 137 Å². The summed E-state index contributed by atoms with van der Waals surface area (Å²) in [6.45, 7) is 4.21. The number of nitrogens with zero attached hydrogens (tertiary/aromatic N) is 4. The van der Waals surface area contributed by atoms with Crippen LogP contribution in [-0.4, -0.2) is 76.9 Å². The largest absolute Gasteiger partial charge is 0.453 e. The summed E-state index contributed by atoms with van der Waals surface area (Å²) in [5.74, 6) is -2.62. The highest BCUT2D eigenvalue weighted by molar-refractivity contribution is 5.96. The van der Waals surface area contributed by atoms with Crippen LogP contribution in [0.25, 0.3) is 11.0 Å². The fourth-order valence-corrected chi connectivity index (χ4v) is 4.11. The van der Waals surface area contributed by atoms with Crippen molar-refractivity contribution < 1.29 is 32.6 Å². The number of hydrogen-bond donors (Lipinski definition) is 2. The second-order valence-electron chi connectivity index (χ2n) is 10.1. The molecule has 0 aliphatic rings. The first-order valence-electron chi connectivity index (χ1n) is 13.6. The zero-order valence-electron chi connectivity index (χ0n) is 24.7. The van der Waals surface area contributed by atoms with E-state index in [0.29, 0.717) is 11.3 Å². The van der Waals surface area contributed by atoms with E-state index in [-0.39, 0.29) is 55.8 Å². The lowest BCUT2D eigenvalue weighted by Gasteiger charge is -2.17. The average Bonchev–Trinajstić information content (AvgIpc) is 3.27. The number of benzene rings is 1. The number of likely N-dealkylation sites (N-methyl/N-ethyl adjacent to an activating group) is 1. The van der Waals surface area contributed by atoms with Gasteiger partial charge < -0.3 is 34.1 Å². The normalized spacial score (nSPS) is 12.1. The lowest BCUT2D eigenvalue weighted by molar-refractivity contribution is -0.123. The molecule has 14 heteroatoms. The molecule has 1 aromatic carbocycles. The third kappa shape index (κ3) is 8.95. The van der Waals surface area contributed by atoms with Gasteiger partial charge in [0, 0.05) is 39.0 Å². The molecule has 3 aromatic rings. The highest BCUT2D eigenvalue weighted by atomic mass is 19.2. The molecule has 0 saturated carbocycles. The number of methoxy groups -OCH3 is 1. The fourth-order valence-electron chi connectivity index (χ4n) is 4.11. The SMILES string of the molecule is COC(=O)N[C@@H](CC/C=C/C(=O)N(C)C)C(=O)Nc1cccn(Cc2nc3cc(F)c(F)cc3n2CCOC(C)C)c1=O. The van der Waals surface area contributed by atoms with Gasteiger partial charge in [-0.15, -0.1) is 0 Å². The van der Waals surface area contributed by atoms with Crippen LogP contribution in [0, 0.1) is 11.6 Å². The van der Waals surface area contributed by atoms with E-state index >= 15 is 0 Å². The van der Waals surface area contributed by atoms with Crippen LogP contribution in [0.3, 0.4) is 0 Å². The summed E-state index contributed by atoms with van der Waals surface area (Å²) in [5.41, 5.74) is -0.0743. The van der Waals surface area contributed by atoms with Gasteiger partial charge in [-0.25, -0.2) is 18.6 Å². The number of nitrogens with one attached hydrogen (secondary N) is 2. The Morgan fingerprint density at radius 3 is 2.56 bits per heavy atom. The Balaban J connectivity index is 1.84. The molecule has 0 saturated heterocycles. The van der Waals surface area contributed by atoms with Gasteiger partial charge in [-0.2, -0.15) is 0 Å². The Kier molecular flexibility index (Phi) is 11.5. The van der Waals surface area contributed by atoms with Crippen molar-refractivity contribution in [3.8, 4) is 0 Å². The molecular weight excluding hydrogens is 566 g/mol. The van der Waals surface area contributed by atoms with Crippen molar-refractivity contribution in [3.05, 3.63) is 70.4 Å². The molecular formula is C29H36F2N6O6. The second-order valence-corrected chi connectivity index (χ2v) is 10.1. The van der Waals surface area contributed by atoms with Crippen LogP contribution in [0.1, 0.15) is 32.5 Å². The predicted octanol–water partition coefficient (Wildman–Crippen LogP) is 3.04. The zero-order chi connectivity index (χ0) is 31.7. The molecule has 0 spiro atoms. The third-order valence-corrected chi connectivity index (χ3v) is 6.34. The van der Waals surface area contributed by atoms with Crippen molar-refractivity contribution in [2.45, 2.75) is 51.9 Å². The number of allylic oxidation sites excluding steroid dienone is 1. The number of hydrogen-bond acceptors (Lipinski definition) is 7. The lowest BCUT2D eigenvalue weighted by Crippen LogP contribution is -2.44. The standard InChI is InChI=1S/C29H36F2N6O6/c1-18(2)43-14-13-37-24-16-20(31)19(30)15-23(24)32-25(37)17-36-12-8-10-22(28(36)40)33-27(39)21(34-29(41)42-5)9-6-7-11-26(38)35(3)4/h7-8,10-12,15-16,18,21H,6,9,13-14,17H2,1-5H3,(H,33,39)(H,34,41)/b11-7+/t21-/m0/s1. The van der Waals surface area contributed by atoms with Crippen molar-refractivity contribution in [2.24, 2.45) is 0 Å². The van der Waals surface area contributed by atoms with Gasteiger partial charge in [0.05, 0.1) is 37.4 Å². The molecule has 0 unspecified atom stereocenters. The van der Waals surface area contributed by atoms with E-state index in [9.17, 15) is 28.0 Å². The quantitative estimate of drug-likeness (QED) is 0.287. The number of halogens is 2. The van der Waals surface area contributed by atoms with Gasteiger partial charge in [-0.3, -0.25) is 14.4 Å². The molecule has 232 valence electrons. The van der Waals surface area contributed by atoms with Crippen LogP contribution < -0.4 is 16.2 Å². The third-order valence-electron chi connectivity index (χ3n) is 6.34. The number of fused-ring (bicyclic) bond motifs is 1. The highest BCUT2D eigenvalue weighted by Gasteiger charge is 2.22. The number of anilines is 1. The molecule has 0 radical (unpaired) electrons. The predicted molar refractivity (Wildman–Crippen MR) is 156 cm³/mol. The van der Waals surface area contributed by atoms with Gasteiger partial charge in [0.2, 0.25) is 11.8 Å². The van der Waals surface area contributed by atoms with Crippen LogP contribution in [0.15, 0.2) is 47.4 Å². The summed E-state index contributed by atoms with van der Waals surface area (Å²) in [6.07, 6.45) is 3.93. The minimum atomic E-state index is -1.07. The molecule has 3 rings (SSSR count). The van der Waals surface area contributed by atoms with Crippen molar-refractivity contribution >= 4 is 34.6 Å². The van der Waals surface area contributed by atoms with Crippen molar-refractivity contribution in [1.29, 1.82) is 0 Å². The molecule has 43 heavy (non-hydrogen) atoms. The minimum absolute atomic E-state index is 0.0515. The van der Waals surface area contributed by atoms with Crippen LogP contribution in [-0.2, 0) is 32.2 Å². The number of ether oxygens (including phenoxy) is 2. The number of carbonyl (C=O) groups is 3. The monoisotopic (exact) mass is 602 g/mol. The summed E-state index contributed by atoms with van der Waals surface area (Å²) in [6, 6.07) is 3.92. The van der Waals surface area contributed by atoms with Crippen LogP contribution in [0.4, 0.5) is 19.3 Å². The van der Waals surface area contributed by atoms with E-state index in [1.165, 1.54) is 27.8 Å². The molecule has 3 amide bonds. The number of carbonyl (C=O) groups excluding carboxylic acids is 3. The molecule has 0 aliphatic carbocycles. The van der Waals surface area contributed by atoms with Gasteiger partial charge >= 0.3 is 6.09 Å². The molecule has 2 N–H and O–H groups in total. The molecule has 2 heterocycles. The second kappa shape index (κ2) is 15.0. The smallest absolute Gasteiger partial charge is 0.407 e. The Morgan fingerprint density at radius 1 is 1.16 bits per heavy atom. The number of imidazole rings is 1. The Labute approximate surface area is 247 Å². The van der Waals surface area contributed by atoms with Crippen molar-refractivity contribution in [2.75, 3.05) is 33.1 Å². The first-order valence-corrected chi connectivity index (χ1v) is 13.6. The summed E-state index contributed by atoms with van der Waals surface area (Å²) in [5, 5.41) is 4.98. The van der Waals surface area contributed by atoms with E-state index < -0.39 is 35.2 Å². The van der Waals surface area contributed by atoms with E-state index in [4.69, 9.17) is 4.74 Å². The van der Waals surface area contributed by atoms with Crippen LogP contribution >= 0.6 is 0 Å². The minimum Gasteiger partial charge on any atom is -0.453 e. The number of pyridine rings is 1. The number of rotatable bonds is 13. The maximum absolute atomic E-state index is 14.1. The summed E-state index contributed by atoms with van der Waals surface area (Å²) < 4.78 is 41.2. The fraction of sp³-hybridized carbons (Fsp3) is 0.414. The molecule has 12 nitrogen and oxygen atoms in total. The molecule has 2 aromatic heterocycles. The Hall–Kier alpha value is -4.59. The number of amides is 3. The Morgan fingerprint density at radius 2 is 1.88 bits per heavy atom. The Bertz CT molecular complexity index is 1550. The molecule has 0 aliphatic heterocycles. The number of alkyl carbamates (subject to hydrolysis) is 1. The summed E-state index contributed by atoms with van der Waals surface area (Å²) >= 11 is 0. The van der Waals surface area contributed by atoms with Gasteiger partial charge in [-0.1, -0.05) is 6.08 Å². The van der Waals surface area contributed by atoms with Gasteiger partial charge in [0.1, 0.15) is 17.6 Å². The molecule has 1 atom stereocenters. The summed E-state index contributed by atoms with van der Waals surface area (Å²) in [7, 11) is 4.36. The first-order chi connectivity index (χ1) is 20.4. The van der Waals surface area contributed by atoms with Crippen molar-refractivity contribution in [3.63, 3.8) is 0 Å². The highest BCUT2D eigenvalue weighted by Crippen LogP contribution is 2.21. The van der Waals surface area contributed by atoms with E-state index in [1.807, 2.05) is 13.8 Å². The van der Waals surface area contributed by atoms with Crippen LogP contribution in [0.2, 0.25) is 0 Å². The maximum atomic E-state index is 14.1. The van der Waals surface area contributed by atoms with E-state index in [0.717, 1.165) is 19.2 Å². The number of aromatic nitrogens is 3. The van der Waals surface area contributed by atoms with Gasteiger partial charge in [-0.05, 0) is 44.9 Å². The first kappa shape index (κ1) is 32.9. The summed E-state index contributed by atoms with van der Waals surface area (Å²) in [4.78, 5) is 55.9. The van der Waals surface area contributed by atoms with E-state index in [2.05, 4.69) is 20.4 Å². The lowest BCUT2D eigenvalue weighted by atomic mass is 10.1. The van der Waals surface area contributed by atoms with Gasteiger partial charge in [0.15, 0.2) is 11.6 Å². The average molecular weight is 603 g/mol. The zero-order valence-corrected chi connectivity index (χ0v) is 24.7. The van der Waals surface area contributed by atoms with E-state index in [1.54, 1.807) is 30.8 Å². The molecule has 0 fully saturated rings. The maximum Gasteiger partial charge on any atom is 0.407 e. The van der Waals surface area contributed by atoms with Gasteiger partial charge in [0.25, 0.3) is 5.56 Å². The van der Waals surface area contributed by atoms with Crippen LogP contribution in [0.5, 0.6) is 0 Å².